The first-order valence-corrected chi connectivity index (χ1v) is 8.19. The van der Waals surface area contributed by atoms with Crippen molar-refractivity contribution in [1.29, 1.82) is 0 Å². The summed E-state index contributed by atoms with van der Waals surface area (Å²) < 4.78 is 2.11. The highest BCUT2D eigenvalue weighted by Gasteiger charge is 2.20. The van der Waals surface area contributed by atoms with Gasteiger partial charge in [-0.05, 0) is 32.1 Å². The first-order chi connectivity index (χ1) is 10.1. The molecule has 0 radical (unpaired) electrons. The molecule has 0 aromatic carbocycles. The van der Waals surface area contributed by atoms with E-state index in [-0.39, 0.29) is 5.91 Å². The van der Waals surface area contributed by atoms with Crippen LogP contribution in [0.15, 0.2) is 12.4 Å². The molecule has 0 spiro atoms. The Morgan fingerprint density at radius 2 is 2.38 bits per heavy atom. The lowest BCUT2D eigenvalue weighted by Gasteiger charge is -2.13. The molecule has 0 saturated heterocycles. The predicted molar refractivity (Wildman–Crippen MR) is 82.6 cm³/mol. The average molecular weight is 304 g/mol. The van der Waals surface area contributed by atoms with Crippen molar-refractivity contribution in [3.63, 3.8) is 0 Å². The van der Waals surface area contributed by atoms with Gasteiger partial charge in [-0.3, -0.25) is 4.79 Å². The number of nitrogens with one attached hydrogen (secondary N) is 1. The standard InChI is InChI=1S/C15H20N4OS/c1-10(9-19-7-6-16-11(19)2)8-17-14(20)15-18-12-4-3-5-13(12)21-15/h6-7,10H,3-5,8-9H2,1-2H3,(H,17,20). The number of hydrogen-bond acceptors (Lipinski definition) is 4. The van der Waals surface area contributed by atoms with Crippen molar-refractivity contribution in [2.75, 3.05) is 6.54 Å². The molecule has 1 aliphatic carbocycles. The molecule has 3 rings (SSSR count). The minimum atomic E-state index is -0.0383. The highest BCUT2D eigenvalue weighted by molar-refractivity contribution is 7.13. The smallest absolute Gasteiger partial charge is 0.280 e. The van der Waals surface area contributed by atoms with Crippen LogP contribution in [0.1, 0.15) is 39.5 Å². The molecule has 112 valence electrons. The van der Waals surface area contributed by atoms with Gasteiger partial charge in [-0.1, -0.05) is 6.92 Å². The Morgan fingerprint density at radius 3 is 3.10 bits per heavy atom. The van der Waals surface area contributed by atoms with Gasteiger partial charge in [0.25, 0.3) is 5.91 Å². The third-order valence-electron chi connectivity index (χ3n) is 3.83. The third kappa shape index (κ3) is 3.15. The van der Waals surface area contributed by atoms with E-state index in [0.717, 1.165) is 30.9 Å². The van der Waals surface area contributed by atoms with E-state index in [1.807, 2.05) is 13.1 Å². The van der Waals surface area contributed by atoms with E-state index in [0.29, 0.717) is 17.5 Å². The maximum Gasteiger partial charge on any atom is 0.280 e. The van der Waals surface area contributed by atoms with E-state index in [4.69, 9.17) is 0 Å². The number of imidazole rings is 1. The largest absolute Gasteiger partial charge is 0.350 e. The van der Waals surface area contributed by atoms with E-state index in [1.54, 1.807) is 17.5 Å². The number of aryl methyl sites for hydroxylation is 3. The number of nitrogens with zero attached hydrogens (tertiary/aromatic N) is 3. The summed E-state index contributed by atoms with van der Waals surface area (Å²) in [6.45, 7) is 5.63. The van der Waals surface area contributed by atoms with Crippen LogP contribution in [0.25, 0.3) is 0 Å². The van der Waals surface area contributed by atoms with Crippen molar-refractivity contribution in [3.05, 3.63) is 33.8 Å². The lowest BCUT2D eigenvalue weighted by molar-refractivity contribution is 0.0946. The third-order valence-corrected chi connectivity index (χ3v) is 4.99. The summed E-state index contributed by atoms with van der Waals surface area (Å²) in [5.74, 6) is 1.32. The highest BCUT2D eigenvalue weighted by atomic mass is 32.1. The van der Waals surface area contributed by atoms with Gasteiger partial charge in [0.2, 0.25) is 0 Å². The second-order valence-corrected chi connectivity index (χ2v) is 6.77. The van der Waals surface area contributed by atoms with Gasteiger partial charge in [0.05, 0.1) is 5.69 Å². The fraction of sp³-hybridized carbons (Fsp3) is 0.533. The fourth-order valence-electron chi connectivity index (χ4n) is 2.63. The lowest BCUT2D eigenvalue weighted by Crippen LogP contribution is -2.30. The second-order valence-electron chi connectivity index (χ2n) is 5.68. The summed E-state index contributed by atoms with van der Waals surface area (Å²) in [7, 11) is 0. The summed E-state index contributed by atoms with van der Waals surface area (Å²) in [4.78, 5) is 22.1. The van der Waals surface area contributed by atoms with Gasteiger partial charge in [-0.25, -0.2) is 9.97 Å². The number of hydrogen-bond donors (Lipinski definition) is 1. The van der Waals surface area contributed by atoms with Crippen molar-refractivity contribution >= 4 is 17.2 Å². The molecule has 0 bridgehead atoms. The highest BCUT2D eigenvalue weighted by Crippen LogP contribution is 2.27. The quantitative estimate of drug-likeness (QED) is 0.921. The van der Waals surface area contributed by atoms with Crippen LogP contribution in [0, 0.1) is 12.8 Å². The van der Waals surface area contributed by atoms with Crippen LogP contribution >= 0.6 is 11.3 Å². The van der Waals surface area contributed by atoms with E-state index in [2.05, 4.69) is 26.8 Å². The van der Waals surface area contributed by atoms with Gasteiger partial charge in [0, 0.05) is 30.4 Å². The van der Waals surface area contributed by atoms with E-state index in [1.165, 1.54) is 11.3 Å². The normalized spacial score (nSPS) is 15.0. The molecule has 1 amide bonds. The zero-order valence-electron chi connectivity index (χ0n) is 12.4. The SMILES string of the molecule is Cc1nccn1CC(C)CNC(=O)c1nc2c(s1)CCC2. The molecule has 0 saturated carbocycles. The lowest BCUT2D eigenvalue weighted by atomic mass is 10.2. The molecule has 1 aliphatic rings. The van der Waals surface area contributed by atoms with E-state index in [9.17, 15) is 4.79 Å². The summed E-state index contributed by atoms with van der Waals surface area (Å²) in [6.07, 6.45) is 7.06. The van der Waals surface area contributed by atoms with Crippen LogP contribution in [-0.4, -0.2) is 27.0 Å². The summed E-state index contributed by atoms with van der Waals surface area (Å²) in [5.41, 5.74) is 1.13. The molecule has 21 heavy (non-hydrogen) atoms. The number of carbonyl (C=O) groups excluding carboxylic acids is 1. The first-order valence-electron chi connectivity index (χ1n) is 7.38. The van der Waals surface area contributed by atoms with Crippen molar-refractivity contribution < 1.29 is 4.79 Å². The maximum atomic E-state index is 12.1. The Morgan fingerprint density at radius 1 is 1.52 bits per heavy atom. The van der Waals surface area contributed by atoms with Crippen molar-refractivity contribution in [3.8, 4) is 0 Å². The molecule has 1 atom stereocenters. The van der Waals surface area contributed by atoms with Crippen LogP contribution in [0.4, 0.5) is 0 Å². The van der Waals surface area contributed by atoms with Crippen LogP contribution in [0.3, 0.4) is 0 Å². The fourth-order valence-corrected chi connectivity index (χ4v) is 3.69. The Kier molecular flexibility index (Phi) is 4.05. The van der Waals surface area contributed by atoms with Gasteiger partial charge in [-0.15, -0.1) is 11.3 Å². The topological polar surface area (TPSA) is 59.8 Å². The summed E-state index contributed by atoms with van der Waals surface area (Å²) >= 11 is 1.55. The molecular weight excluding hydrogens is 284 g/mol. The number of fused-ring (bicyclic) bond motifs is 1. The van der Waals surface area contributed by atoms with Crippen LogP contribution < -0.4 is 5.32 Å². The number of thiazole rings is 1. The summed E-state index contributed by atoms with van der Waals surface area (Å²) in [6, 6.07) is 0. The van der Waals surface area contributed by atoms with Gasteiger partial charge < -0.3 is 9.88 Å². The van der Waals surface area contributed by atoms with Gasteiger partial charge in [0.15, 0.2) is 5.01 Å². The molecule has 1 unspecified atom stereocenters. The summed E-state index contributed by atoms with van der Waals surface area (Å²) in [5, 5.41) is 3.61. The predicted octanol–water partition coefficient (Wildman–Crippen LogP) is 2.20. The molecule has 2 heterocycles. The van der Waals surface area contributed by atoms with E-state index < -0.39 is 0 Å². The minimum Gasteiger partial charge on any atom is -0.350 e. The number of carbonyl (C=O) groups is 1. The molecule has 2 aromatic rings. The Bertz CT molecular complexity index is 624. The molecule has 1 N–H and O–H groups in total. The number of amides is 1. The van der Waals surface area contributed by atoms with Crippen LogP contribution in [-0.2, 0) is 19.4 Å². The van der Waals surface area contributed by atoms with Crippen LogP contribution in [0.2, 0.25) is 0 Å². The molecule has 6 heteroatoms. The van der Waals surface area contributed by atoms with Crippen molar-refractivity contribution in [1.82, 2.24) is 19.9 Å². The molecule has 2 aromatic heterocycles. The average Bonchev–Trinajstić information content (AvgIpc) is 3.12. The number of aromatic nitrogens is 3. The molecule has 0 aliphatic heterocycles. The minimum absolute atomic E-state index is 0.0383. The van der Waals surface area contributed by atoms with Crippen molar-refractivity contribution in [2.24, 2.45) is 5.92 Å². The van der Waals surface area contributed by atoms with Gasteiger partial charge in [-0.2, -0.15) is 0 Å². The molecular formula is C15H20N4OS. The Hall–Kier alpha value is -1.69. The second kappa shape index (κ2) is 5.97. The Labute approximate surface area is 128 Å². The van der Waals surface area contributed by atoms with E-state index >= 15 is 0 Å². The first kappa shape index (κ1) is 14.3. The zero-order chi connectivity index (χ0) is 14.8. The maximum absolute atomic E-state index is 12.1. The molecule has 0 fully saturated rings. The zero-order valence-corrected chi connectivity index (χ0v) is 13.2. The number of rotatable bonds is 5. The van der Waals surface area contributed by atoms with Crippen LogP contribution in [0.5, 0.6) is 0 Å². The molecule has 5 nitrogen and oxygen atoms in total. The van der Waals surface area contributed by atoms with Gasteiger partial charge >= 0.3 is 0 Å². The Balaban J connectivity index is 1.52. The monoisotopic (exact) mass is 304 g/mol. The van der Waals surface area contributed by atoms with Crippen molar-refractivity contribution in [2.45, 2.75) is 39.7 Å². The van der Waals surface area contributed by atoms with Gasteiger partial charge in [0.1, 0.15) is 5.82 Å².